The predicted molar refractivity (Wildman–Crippen MR) is 113 cm³/mol. The van der Waals surface area contributed by atoms with Crippen molar-refractivity contribution in [3.63, 3.8) is 0 Å². The van der Waals surface area contributed by atoms with Gasteiger partial charge in [0.2, 0.25) is 11.0 Å². The maximum Gasteiger partial charge on any atom is 0.508 e. The molecule has 2 heterocycles. The average Bonchev–Trinajstić information content (AvgIpc) is 2.73. The fraction of sp³-hybridized carbons (Fsp3) is 0.368. The number of carbonyl (C=O) groups is 4. The zero-order valence-corrected chi connectivity index (χ0v) is 18.5. The van der Waals surface area contributed by atoms with Gasteiger partial charge >= 0.3 is 12.1 Å². The molecule has 0 unspecified atom stereocenters. The Kier molecular flexibility index (Phi) is 7.09. The summed E-state index contributed by atoms with van der Waals surface area (Å²) in [6.45, 7) is 3.02. The summed E-state index contributed by atoms with van der Waals surface area (Å²) in [7, 11) is 0. The molecule has 1 N–H and O–H groups in total. The van der Waals surface area contributed by atoms with Gasteiger partial charge in [-0.15, -0.1) is 11.8 Å². The summed E-state index contributed by atoms with van der Waals surface area (Å²) in [5.74, 6) is -2.37. The molecule has 170 valence electrons. The molecule has 2 aliphatic rings. The fourth-order valence-corrected chi connectivity index (χ4v) is 5.51. The molecule has 32 heavy (non-hydrogen) atoms. The molecule has 11 nitrogen and oxygen atoms in total. The highest BCUT2D eigenvalue weighted by atomic mass is 32.2. The number of thioether (sulfide) groups is 2. The van der Waals surface area contributed by atoms with Crippen molar-refractivity contribution in [1.82, 2.24) is 4.90 Å². The van der Waals surface area contributed by atoms with E-state index in [1.54, 1.807) is 6.92 Å². The topological polar surface area (TPSA) is 153 Å². The number of aliphatic carboxylic acids is 1. The van der Waals surface area contributed by atoms with E-state index in [2.05, 4.69) is 0 Å². The first kappa shape index (κ1) is 23.6. The van der Waals surface area contributed by atoms with Crippen LogP contribution in [0.3, 0.4) is 0 Å². The van der Waals surface area contributed by atoms with Crippen LogP contribution in [0.25, 0.3) is 0 Å². The smallest absolute Gasteiger partial charge is 0.477 e. The summed E-state index contributed by atoms with van der Waals surface area (Å²) in [4.78, 5) is 60.0. The third-order valence-electron chi connectivity index (χ3n) is 4.74. The van der Waals surface area contributed by atoms with Gasteiger partial charge in [-0.05, 0) is 30.4 Å². The van der Waals surface area contributed by atoms with Crippen LogP contribution in [0.2, 0.25) is 0 Å². The molecule has 1 saturated heterocycles. The lowest BCUT2D eigenvalue weighted by molar-refractivity contribution is -0.384. The predicted octanol–water partition coefficient (Wildman–Crippen LogP) is 2.74. The van der Waals surface area contributed by atoms with Crippen molar-refractivity contribution < 1.29 is 38.7 Å². The number of rotatable bonds is 8. The third kappa shape index (κ3) is 4.58. The molecule has 1 aromatic carbocycles. The summed E-state index contributed by atoms with van der Waals surface area (Å²) in [5.41, 5.74) is 0.0457. The monoisotopic (exact) mass is 482 g/mol. The fourth-order valence-electron chi connectivity index (χ4n) is 3.24. The second-order valence-electron chi connectivity index (χ2n) is 6.73. The Balaban J connectivity index is 1.61. The molecular formula is C19H18N2O9S2. The first-order valence-corrected chi connectivity index (χ1v) is 11.2. The van der Waals surface area contributed by atoms with Crippen molar-refractivity contribution in [2.45, 2.75) is 31.9 Å². The first-order valence-electron chi connectivity index (χ1n) is 9.36. The number of nitro groups is 1. The van der Waals surface area contributed by atoms with Crippen LogP contribution in [0.4, 0.5) is 10.5 Å². The van der Waals surface area contributed by atoms with Crippen molar-refractivity contribution in [2.24, 2.45) is 5.92 Å². The van der Waals surface area contributed by atoms with Gasteiger partial charge in [-0.3, -0.25) is 24.6 Å². The molecule has 0 saturated carbocycles. The van der Waals surface area contributed by atoms with E-state index in [-0.39, 0.29) is 22.9 Å². The summed E-state index contributed by atoms with van der Waals surface area (Å²) >= 11 is 1.88. The number of ether oxygens (including phenoxy) is 2. The van der Waals surface area contributed by atoms with Crippen molar-refractivity contribution in [3.05, 3.63) is 50.5 Å². The minimum Gasteiger partial charge on any atom is -0.477 e. The Morgan fingerprint density at radius 3 is 2.53 bits per heavy atom. The number of nitro benzene ring substituents is 1. The molecule has 1 amide bonds. The molecular weight excluding hydrogens is 464 g/mol. The summed E-state index contributed by atoms with van der Waals surface area (Å²) in [6, 6.07) is 5.39. The molecule has 0 aliphatic carbocycles. The Morgan fingerprint density at radius 1 is 1.31 bits per heavy atom. The van der Waals surface area contributed by atoms with Crippen molar-refractivity contribution in [3.8, 4) is 0 Å². The average molecular weight is 482 g/mol. The van der Waals surface area contributed by atoms with E-state index in [0.717, 1.165) is 28.4 Å². The molecule has 1 aromatic rings. The van der Waals surface area contributed by atoms with E-state index < -0.39 is 45.5 Å². The Labute approximate surface area is 190 Å². The van der Waals surface area contributed by atoms with Crippen LogP contribution in [-0.4, -0.2) is 55.3 Å². The van der Waals surface area contributed by atoms with E-state index in [4.69, 9.17) is 9.47 Å². The van der Waals surface area contributed by atoms with Gasteiger partial charge < -0.3 is 14.6 Å². The van der Waals surface area contributed by atoms with E-state index in [9.17, 15) is 34.4 Å². The van der Waals surface area contributed by atoms with Crippen LogP contribution in [0.15, 0.2) is 34.9 Å². The minimum atomic E-state index is -1.37. The number of fused-ring (bicyclic) bond motifs is 1. The van der Waals surface area contributed by atoms with Crippen LogP contribution in [0.1, 0.15) is 19.4 Å². The maximum atomic E-state index is 12.7. The lowest BCUT2D eigenvalue weighted by Gasteiger charge is -2.49. The molecule has 3 atom stereocenters. The molecule has 0 aromatic heterocycles. The second-order valence-corrected chi connectivity index (χ2v) is 9.09. The number of hydrogen-bond donors (Lipinski definition) is 1. The quantitative estimate of drug-likeness (QED) is 0.252. The number of amides is 1. The number of carboxylic acids is 1. The van der Waals surface area contributed by atoms with E-state index in [1.807, 2.05) is 0 Å². The molecule has 0 bridgehead atoms. The number of carbonyl (C=O) groups excluding carboxylic acids is 3. The van der Waals surface area contributed by atoms with Gasteiger partial charge in [-0.1, -0.05) is 18.7 Å². The Bertz CT molecular complexity index is 1010. The standard InChI is InChI=1S/C19H18N2O9S2/c1-3-31-14-13(17(23)24)20-15(22)12(16(20)32-18(14)25)9(2)30-19(26)29-8-10-4-6-11(7-5-10)21(27)28/h4-7,9,12,16H,3,8H2,1-2H3,(H,23,24)/t9-,12+,16+/m1/s1. The van der Waals surface area contributed by atoms with Gasteiger partial charge in [0.25, 0.3) is 5.69 Å². The van der Waals surface area contributed by atoms with Crippen molar-refractivity contribution in [1.29, 1.82) is 0 Å². The van der Waals surface area contributed by atoms with Crippen LogP contribution >= 0.6 is 23.5 Å². The van der Waals surface area contributed by atoms with Crippen molar-refractivity contribution >= 4 is 52.4 Å². The van der Waals surface area contributed by atoms with Crippen LogP contribution in [-0.2, 0) is 30.5 Å². The highest BCUT2D eigenvalue weighted by Gasteiger charge is 2.58. The summed E-state index contributed by atoms with van der Waals surface area (Å²) < 4.78 is 10.1. The Hall–Kier alpha value is -3.06. The van der Waals surface area contributed by atoms with Gasteiger partial charge in [0.1, 0.15) is 29.7 Å². The number of carboxylic acid groups (broad SMARTS) is 1. The van der Waals surface area contributed by atoms with E-state index >= 15 is 0 Å². The molecule has 1 fully saturated rings. The third-order valence-corrected chi connectivity index (χ3v) is 6.99. The van der Waals surface area contributed by atoms with E-state index in [0.29, 0.717) is 11.3 Å². The largest absolute Gasteiger partial charge is 0.508 e. The highest BCUT2D eigenvalue weighted by Crippen LogP contribution is 2.48. The molecule has 2 aliphatic heterocycles. The minimum absolute atomic E-state index is 0.0177. The van der Waals surface area contributed by atoms with Gasteiger partial charge in [0.15, 0.2) is 0 Å². The first-order chi connectivity index (χ1) is 15.1. The van der Waals surface area contributed by atoms with Crippen molar-refractivity contribution in [2.75, 3.05) is 5.75 Å². The zero-order valence-electron chi connectivity index (χ0n) is 16.9. The SMILES string of the molecule is CCSC1=C(C(=O)O)N2C(=O)[C@H]([C@@H](C)OC(=O)OCc3ccc([N+](=O)[O-])cc3)[C@@H]2SC1=O. The normalized spacial score (nSPS) is 20.9. The van der Waals surface area contributed by atoms with Crippen LogP contribution in [0, 0.1) is 16.0 Å². The Morgan fingerprint density at radius 2 is 1.97 bits per heavy atom. The highest BCUT2D eigenvalue weighted by molar-refractivity contribution is 8.18. The number of benzene rings is 1. The van der Waals surface area contributed by atoms with Gasteiger partial charge in [0, 0.05) is 12.1 Å². The number of nitrogens with zero attached hydrogens (tertiary/aromatic N) is 2. The lowest BCUT2D eigenvalue weighted by Crippen LogP contribution is -2.65. The molecule has 3 rings (SSSR count). The van der Waals surface area contributed by atoms with Crippen LogP contribution < -0.4 is 0 Å². The van der Waals surface area contributed by atoms with Gasteiger partial charge in [-0.2, -0.15) is 0 Å². The van der Waals surface area contributed by atoms with E-state index in [1.165, 1.54) is 31.2 Å². The molecule has 0 spiro atoms. The number of non-ortho nitro benzene ring substituents is 1. The van der Waals surface area contributed by atoms with Gasteiger partial charge in [0.05, 0.1) is 9.83 Å². The zero-order chi connectivity index (χ0) is 23.6. The summed E-state index contributed by atoms with van der Waals surface area (Å²) in [6.07, 6.45) is -2.03. The van der Waals surface area contributed by atoms with Crippen LogP contribution in [0.5, 0.6) is 0 Å². The summed E-state index contributed by atoms with van der Waals surface area (Å²) in [5, 5.41) is 18.9. The maximum absolute atomic E-state index is 12.7. The van der Waals surface area contributed by atoms with Gasteiger partial charge in [-0.25, -0.2) is 9.59 Å². The second kappa shape index (κ2) is 9.61. The molecule has 13 heteroatoms. The number of β-lactam (4-membered cyclic amide) rings is 1. The number of hydrogen-bond acceptors (Lipinski definition) is 10. The molecule has 0 radical (unpaired) electrons. The lowest BCUT2D eigenvalue weighted by atomic mass is 9.91.